The van der Waals surface area contributed by atoms with Crippen molar-refractivity contribution in [2.75, 3.05) is 0 Å². The van der Waals surface area contributed by atoms with Gasteiger partial charge >= 0.3 is 5.97 Å². The maximum Gasteiger partial charge on any atom is 0.334 e. The minimum Gasteiger partial charge on any atom is -0.457 e. The van der Waals surface area contributed by atoms with Crippen molar-refractivity contribution in [1.29, 1.82) is 0 Å². The van der Waals surface area contributed by atoms with Gasteiger partial charge in [-0.2, -0.15) is 5.10 Å². The second-order valence-corrected chi connectivity index (χ2v) is 9.26. The molecular weight excluding hydrogens is 420 g/mol. The van der Waals surface area contributed by atoms with Gasteiger partial charge in [-0.05, 0) is 71.2 Å². The fourth-order valence-electron chi connectivity index (χ4n) is 3.58. The number of ether oxygens (including phenoxy) is 1. The number of benzene rings is 1. The van der Waals surface area contributed by atoms with Crippen molar-refractivity contribution >= 4 is 27.8 Å². The minimum atomic E-state index is -0.879. The normalized spacial score (nSPS) is 19.4. The SMILES string of the molecule is Cc1cc(C)n(C(=O)[C@@]2(c3ccc(Br)cc3)CC=C(C(=O)OC(C)(C)C)C2)n1. The van der Waals surface area contributed by atoms with Gasteiger partial charge < -0.3 is 4.74 Å². The number of carbonyl (C=O) groups is 2. The van der Waals surface area contributed by atoms with Gasteiger partial charge in [0.15, 0.2) is 0 Å². The van der Waals surface area contributed by atoms with Crippen molar-refractivity contribution in [2.45, 2.75) is 58.5 Å². The topological polar surface area (TPSA) is 61.2 Å². The highest BCUT2D eigenvalue weighted by molar-refractivity contribution is 9.10. The minimum absolute atomic E-state index is 0.129. The predicted octanol–water partition coefficient (Wildman–Crippen LogP) is 4.90. The van der Waals surface area contributed by atoms with E-state index >= 15 is 0 Å². The number of aromatic nitrogens is 2. The molecule has 3 rings (SSSR count). The summed E-state index contributed by atoms with van der Waals surface area (Å²) in [6.45, 7) is 9.24. The van der Waals surface area contributed by atoms with E-state index in [4.69, 9.17) is 4.74 Å². The molecule has 0 radical (unpaired) electrons. The van der Waals surface area contributed by atoms with E-state index in [2.05, 4.69) is 21.0 Å². The van der Waals surface area contributed by atoms with Crippen molar-refractivity contribution < 1.29 is 14.3 Å². The van der Waals surface area contributed by atoms with E-state index in [0.29, 0.717) is 18.4 Å². The lowest BCUT2D eigenvalue weighted by atomic mass is 9.76. The molecule has 0 spiro atoms. The molecule has 1 aliphatic rings. The van der Waals surface area contributed by atoms with Gasteiger partial charge in [-0.1, -0.05) is 34.1 Å². The lowest BCUT2D eigenvalue weighted by Crippen LogP contribution is -2.39. The van der Waals surface area contributed by atoms with E-state index in [0.717, 1.165) is 21.4 Å². The molecule has 0 aliphatic heterocycles. The molecule has 28 heavy (non-hydrogen) atoms. The van der Waals surface area contributed by atoms with Crippen LogP contribution in [0.3, 0.4) is 0 Å². The third-order valence-corrected chi connectivity index (χ3v) is 5.39. The predicted molar refractivity (Wildman–Crippen MR) is 111 cm³/mol. The van der Waals surface area contributed by atoms with Crippen LogP contribution in [0.2, 0.25) is 0 Å². The summed E-state index contributed by atoms with van der Waals surface area (Å²) in [6, 6.07) is 9.57. The van der Waals surface area contributed by atoms with Crippen LogP contribution in [-0.2, 0) is 14.9 Å². The molecule has 1 aromatic carbocycles. The summed E-state index contributed by atoms with van der Waals surface area (Å²) in [4.78, 5) is 26.3. The summed E-state index contributed by atoms with van der Waals surface area (Å²) in [5.74, 6) is -0.497. The molecule has 1 aromatic heterocycles. The molecule has 1 atom stereocenters. The fraction of sp³-hybridized carbons (Fsp3) is 0.409. The Kier molecular flexibility index (Phi) is 5.36. The van der Waals surface area contributed by atoms with E-state index in [9.17, 15) is 9.59 Å². The van der Waals surface area contributed by atoms with Gasteiger partial charge in [0.2, 0.25) is 0 Å². The number of aryl methyl sites for hydroxylation is 2. The average molecular weight is 445 g/mol. The molecule has 0 unspecified atom stereocenters. The Hall–Kier alpha value is -2.21. The van der Waals surface area contributed by atoms with Crippen molar-refractivity contribution in [3.05, 3.63) is 63.4 Å². The monoisotopic (exact) mass is 444 g/mol. The van der Waals surface area contributed by atoms with Crippen LogP contribution in [0.1, 0.15) is 55.4 Å². The van der Waals surface area contributed by atoms with Gasteiger partial charge in [-0.25, -0.2) is 9.48 Å². The Labute approximate surface area is 173 Å². The Balaban J connectivity index is 2.01. The number of nitrogens with zero attached hydrogens (tertiary/aromatic N) is 2. The Morgan fingerprint density at radius 1 is 1.18 bits per heavy atom. The number of rotatable bonds is 3. The summed E-state index contributed by atoms with van der Waals surface area (Å²) in [6.07, 6.45) is 2.56. The smallest absolute Gasteiger partial charge is 0.334 e. The molecule has 0 N–H and O–H groups in total. The number of halogens is 1. The molecule has 1 heterocycles. The molecule has 0 amide bonds. The Bertz CT molecular complexity index is 951. The van der Waals surface area contributed by atoms with Crippen molar-refractivity contribution in [1.82, 2.24) is 9.78 Å². The fourth-order valence-corrected chi connectivity index (χ4v) is 3.84. The summed E-state index contributed by atoms with van der Waals surface area (Å²) in [5, 5.41) is 4.39. The molecule has 5 nitrogen and oxygen atoms in total. The zero-order valence-corrected chi connectivity index (χ0v) is 18.5. The summed E-state index contributed by atoms with van der Waals surface area (Å²) < 4.78 is 7.93. The highest BCUT2D eigenvalue weighted by atomic mass is 79.9. The molecule has 0 saturated carbocycles. The zero-order chi connectivity index (χ0) is 20.7. The summed E-state index contributed by atoms with van der Waals surface area (Å²) >= 11 is 3.45. The first-order chi connectivity index (χ1) is 13.0. The largest absolute Gasteiger partial charge is 0.457 e. The Morgan fingerprint density at radius 2 is 1.82 bits per heavy atom. The number of hydrogen-bond acceptors (Lipinski definition) is 4. The van der Waals surface area contributed by atoms with E-state index in [-0.39, 0.29) is 11.9 Å². The summed E-state index contributed by atoms with van der Waals surface area (Å²) in [5.41, 5.74) is 1.51. The first kappa shape index (κ1) is 20.5. The molecule has 148 valence electrons. The third-order valence-electron chi connectivity index (χ3n) is 4.86. The molecule has 0 bridgehead atoms. The van der Waals surface area contributed by atoms with Crippen LogP contribution in [0.25, 0.3) is 0 Å². The standard InChI is InChI=1S/C22H25BrN2O3/c1-14-12-15(2)25(24-14)20(27)22(17-6-8-18(23)9-7-17)11-10-16(13-22)19(26)28-21(3,4)5/h6-10,12H,11,13H2,1-5H3/t22-/m0/s1. The number of allylic oxidation sites excluding steroid dienone is 1. The maximum atomic E-state index is 13.6. The van der Waals surface area contributed by atoms with E-state index < -0.39 is 11.0 Å². The number of carbonyl (C=O) groups excluding carboxylic acids is 2. The van der Waals surface area contributed by atoms with Crippen LogP contribution in [0.15, 0.2) is 46.5 Å². The van der Waals surface area contributed by atoms with Gasteiger partial charge in [0.1, 0.15) is 5.60 Å². The van der Waals surface area contributed by atoms with Crippen LogP contribution in [0.4, 0.5) is 0 Å². The van der Waals surface area contributed by atoms with Gasteiger partial charge in [0.25, 0.3) is 5.91 Å². The van der Waals surface area contributed by atoms with E-state index in [1.165, 1.54) is 4.68 Å². The van der Waals surface area contributed by atoms with Gasteiger partial charge in [-0.3, -0.25) is 4.79 Å². The molecule has 2 aromatic rings. The first-order valence-electron chi connectivity index (χ1n) is 9.28. The average Bonchev–Trinajstić information content (AvgIpc) is 3.18. The second kappa shape index (κ2) is 7.32. The van der Waals surface area contributed by atoms with Gasteiger partial charge in [-0.15, -0.1) is 0 Å². The van der Waals surface area contributed by atoms with Crippen LogP contribution in [-0.4, -0.2) is 27.3 Å². The molecule has 6 heteroatoms. The second-order valence-electron chi connectivity index (χ2n) is 8.35. The van der Waals surface area contributed by atoms with E-state index in [1.807, 2.05) is 71.0 Å². The third kappa shape index (κ3) is 3.97. The quantitative estimate of drug-likeness (QED) is 0.631. The number of hydrogen-bond donors (Lipinski definition) is 0. The first-order valence-corrected chi connectivity index (χ1v) is 10.1. The van der Waals surface area contributed by atoms with Crippen LogP contribution in [0, 0.1) is 13.8 Å². The van der Waals surface area contributed by atoms with Crippen molar-refractivity contribution in [3.8, 4) is 0 Å². The number of esters is 1. The van der Waals surface area contributed by atoms with Crippen molar-refractivity contribution in [3.63, 3.8) is 0 Å². The van der Waals surface area contributed by atoms with E-state index in [1.54, 1.807) is 0 Å². The van der Waals surface area contributed by atoms with Crippen LogP contribution in [0.5, 0.6) is 0 Å². The molecule has 0 fully saturated rings. The molecule has 0 saturated heterocycles. The van der Waals surface area contributed by atoms with Gasteiger partial charge in [0, 0.05) is 15.7 Å². The zero-order valence-electron chi connectivity index (χ0n) is 16.9. The highest BCUT2D eigenvalue weighted by Crippen LogP contribution is 2.43. The lowest BCUT2D eigenvalue weighted by Gasteiger charge is -2.29. The van der Waals surface area contributed by atoms with Crippen LogP contribution >= 0.6 is 15.9 Å². The van der Waals surface area contributed by atoms with Crippen LogP contribution < -0.4 is 0 Å². The maximum absolute atomic E-state index is 13.6. The molecule has 1 aliphatic carbocycles. The van der Waals surface area contributed by atoms with Gasteiger partial charge in [0.05, 0.1) is 11.1 Å². The summed E-state index contributed by atoms with van der Waals surface area (Å²) in [7, 11) is 0. The lowest BCUT2D eigenvalue weighted by molar-refractivity contribution is -0.150. The Morgan fingerprint density at radius 3 is 2.36 bits per heavy atom. The highest BCUT2D eigenvalue weighted by Gasteiger charge is 2.46. The molecular formula is C22H25BrN2O3. The van der Waals surface area contributed by atoms with Crippen molar-refractivity contribution in [2.24, 2.45) is 0 Å².